The van der Waals surface area contributed by atoms with Crippen LogP contribution in [0.15, 0.2) is 24.3 Å². The number of nitro groups is 1. The van der Waals surface area contributed by atoms with Gasteiger partial charge in [-0.25, -0.2) is 0 Å². The topological polar surface area (TPSA) is 75.4 Å². The second-order valence-electron chi connectivity index (χ2n) is 4.66. The van der Waals surface area contributed by atoms with Crippen molar-refractivity contribution < 1.29 is 10.0 Å². The number of benzene rings is 1. The summed E-state index contributed by atoms with van der Waals surface area (Å²) in [7, 11) is 0. The predicted molar refractivity (Wildman–Crippen MR) is 70.6 cm³/mol. The van der Waals surface area contributed by atoms with E-state index in [1.807, 2.05) is 6.92 Å². The van der Waals surface area contributed by atoms with Crippen LogP contribution >= 0.6 is 0 Å². The van der Waals surface area contributed by atoms with E-state index in [-0.39, 0.29) is 10.6 Å². The molecule has 0 saturated heterocycles. The lowest BCUT2D eigenvalue weighted by atomic mass is 10.0. The maximum absolute atomic E-state index is 10.8. The molecular weight excluding hydrogens is 232 g/mol. The van der Waals surface area contributed by atoms with Crippen molar-refractivity contribution in [2.75, 3.05) is 13.1 Å². The molecule has 0 heterocycles. The minimum atomic E-state index is -0.720. The fourth-order valence-electron chi connectivity index (χ4n) is 1.61. The van der Waals surface area contributed by atoms with Gasteiger partial charge < -0.3 is 10.4 Å². The van der Waals surface area contributed by atoms with Gasteiger partial charge in [0.15, 0.2) is 0 Å². The van der Waals surface area contributed by atoms with Crippen molar-refractivity contribution in [2.45, 2.75) is 32.3 Å². The zero-order chi connectivity index (χ0) is 13.6. The minimum Gasteiger partial charge on any atom is -0.389 e. The highest BCUT2D eigenvalue weighted by Gasteiger charge is 2.17. The smallest absolute Gasteiger partial charge is 0.272 e. The van der Waals surface area contributed by atoms with E-state index in [4.69, 9.17) is 0 Å². The molecule has 1 aromatic carbocycles. The van der Waals surface area contributed by atoms with E-state index in [2.05, 4.69) is 5.32 Å². The van der Waals surface area contributed by atoms with Gasteiger partial charge in [0.05, 0.1) is 10.5 Å². The molecule has 0 aliphatic heterocycles. The zero-order valence-corrected chi connectivity index (χ0v) is 10.8. The first-order valence-corrected chi connectivity index (χ1v) is 6.11. The van der Waals surface area contributed by atoms with Crippen LogP contribution in [-0.2, 0) is 6.42 Å². The van der Waals surface area contributed by atoms with Crippen LogP contribution in [0.1, 0.15) is 25.8 Å². The Bertz CT molecular complexity index is 405. The summed E-state index contributed by atoms with van der Waals surface area (Å²) in [5.74, 6) is 0. The Labute approximate surface area is 107 Å². The molecule has 0 saturated carbocycles. The highest BCUT2D eigenvalue weighted by Crippen LogP contribution is 2.17. The third kappa shape index (κ3) is 4.43. The molecule has 5 heteroatoms. The van der Waals surface area contributed by atoms with Crippen molar-refractivity contribution in [3.8, 4) is 0 Å². The van der Waals surface area contributed by atoms with Crippen LogP contribution in [0.5, 0.6) is 0 Å². The minimum absolute atomic E-state index is 0.154. The second kappa shape index (κ2) is 6.47. The number of rotatable bonds is 7. The number of para-hydroxylation sites is 1. The molecule has 0 radical (unpaired) electrons. The second-order valence-corrected chi connectivity index (χ2v) is 4.66. The van der Waals surface area contributed by atoms with E-state index in [0.29, 0.717) is 31.5 Å². The summed E-state index contributed by atoms with van der Waals surface area (Å²) in [5.41, 5.74) is 0.149. The molecule has 0 aliphatic rings. The molecular formula is C13H20N2O3. The number of hydrogen-bond acceptors (Lipinski definition) is 4. The number of aliphatic hydroxyl groups is 1. The van der Waals surface area contributed by atoms with E-state index in [9.17, 15) is 15.2 Å². The molecule has 0 spiro atoms. The molecule has 0 fully saturated rings. The summed E-state index contributed by atoms with van der Waals surface area (Å²) < 4.78 is 0. The average molecular weight is 252 g/mol. The molecule has 0 amide bonds. The highest BCUT2D eigenvalue weighted by molar-refractivity contribution is 5.39. The Morgan fingerprint density at radius 2 is 2.11 bits per heavy atom. The van der Waals surface area contributed by atoms with Crippen LogP contribution in [0.2, 0.25) is 0 Å². The Morgan fingerprint density at radius 1 is 1.44 bits per heavy atom. The fraction of sp³-hybridized carbons (Fsp3) is 0.538. The molecule has 0 aromatic heterocycles. The number of nitro benzene ring substituents is 1. The monoisotopic (exact) mass is 252 g/mol. The van der Waals surface area contributed by atoms with Gasteiger partial charge >= 0.3 is 0 Å². The molecule has 5 nitrogen and oxygen atoms in total. The van der Waals surface area contributed by atoms with Gasteiger partial charge in [-0.05, 0) is 26.3 Å². The van der Waals surface area contributed by atoms with Crippen LogP contribution in [0.4, 0.5) is 5.69 Å². The molecule has 18 heavy (non-hydrogen) atoms. The molecule has 1 rings (SSSR count). The van der Waals surface area contributed by atoms with Gasteiger partial charge in [0, 0.05) is 18.2 Å². The van der Waals surface area contributed by atoms with Crippen LogP contribution < -0.4 is 5.32 Å². The number of hydrogen-bond donors (Lipinski definition) is 2. The third-order valence-electron chi connectivity index (χ3n) is 3.03. The van der Waals surface area contributed by atoms with Crippen molar-refractivity contribution >= 4 is 5.69 Å². The standard InChI is InChI=1S/C13H20N2O3/c1-3-13(2,16)10-14-9-8-11-6-4-5-7-12(11)15(17)18/h4-7,14,16H,3,8-10H2,1-2H3. The van der Waals surface area contributed by atoms with Crippen LogP contribution in [0.25, 0.3) is 0 Å². The Kier molecular flexibility index (Phi) is 5.25. The van der Waals surface area contributed by atoms with Gasteiger partial charge in [-0.2, -0.15) is 0 Å². The molecule has 1 aromatic rings. The third-order valence-corrected chi connectivity index (χ3v) is 3.03. The summed E-state index contributed by atoms with van der Waals surface area (Å²) in [6.07, 6.45) is 1.25. The van der Waals surface area contributed by atoms with Crippen molar-refractivity contribution in [3.05, 3.63) is 39.9 Å². The lowest BCUT2D eigenvalue weighted by molar-refractivity contribution is -0.385. The van der Waals surface area contributed by atoms with Crippen LogP contribution in [0.3, 0.4) is 0 Å². The molecule has 2 N–H and O–H groups in total. The molecule has 100 valence electrons. The van der Waals surface area contributed by atoms with E-state index < -0.39 is 5.60 Å². The van der Waals surface area contributed by atoms with Crippen LogP contribution in [-0.4, -0.2) is 28.7 Å². The molecule has 1 atom stereocenters. The quantitative estimate of drug-likeness (QED) is 0.441. The first kappa shape index (κ1) is 14.6. The summed E-state index contributed by atoms with van der Waals surface area (Å²) in [6, 6.07) is 6.73. The van der Waals surface area contributed by atoms with E-state index in [1.54, 1.807) is 25.1 Å². The Balaban J connectivity index is 2.47. The van der Waals surface area contributed by atoms with Gasteiger partial charge in [0.25, 0.3) is 5.69 Å². The van der Waals surface area contributed by atoms with Crippen LogP contribution in [0, 0.1) is 10.1 Å². The van der Waals surface area contributed by atoms with Gasteiger partial charge in [-0.15, -0.1) is 0 Å². The maximum atomic E-state index is 10.8. The first-order valence-electron chi connectivity index (χ1n) is 6.11. The maximum Gasteiger partial charge on any atom is 0.272 e. The summed E-state index contributed by atoms with van der Waals surface area (Å²) in [4.78, 5) is 10.4. The van der Waals surface area contributed by atoms with Gasteiger partial charge in [-0.1, -0.05) is 25.1 Å². The molecule has 0 aliphatic carbocycles. The van der Waals surface area contributed by atoms with Gasteiger partial charge in [0.2, 0.25) is 0 Å². The first-order chi connectivity index (χ1) is 8.46. The Morgan fingerprint density at radius 3 is 2.72 bits per heavy atom. The largest absolute Gasteiger partial charge is 0.389 e. The van der Waals surface area contributed by atoms with E-state index >= 15 is 0 Å². The number of nitrogens with zero attached hydrogens (tertiary/aromatic N) is 1. The fourth-order valence-corrected chi connectivity index (χ4v) is 1.61. The highest BCUT2D eigenvalue weighted by atomic mass is 16.6. The lowest BCUT2D eigenvalue weighted by Crippen LogP contribution is -2.37. The van der Waals surface area contributed by atoms with Crippen molar-refractivity contribution in [1.29, 1.82) is 0 Å². The summed E-state index contributed by atoms with van der Waals surface area (Å²) in [6.45, 7) is 4.79. The van der Waals surface area contributed by atoms with Gasteiger partial charge in [0.1, 0.15) is 0 Å². The summed E-state index contributed by atoms with van der Waals surface area (Å²) in [5, 5.41) is 23.7. The van der Waals surface area contributed by atoms with E-state index in [1.165, 1.54) is 6.07 Å². The SMILES string of the molecule is CCC(C)(O)CNCCc1ccccc1[N+](=O)[O-]. The van der Waals surface area contributed by atoms with Crippen molar-refractivity contribution in [1.82, 2.24) is 5.32 Å². The van der Waals surface area contributed by atoms with Crippen molar-refractivity contribution in [2.24, 2.45) is 0 Å². The average Bonchev–Trinajstić information content (AvgIpc) is 2.35. The van der Waals surface area contributed by atoms with Crippen molar-refractivity contribution in [3.63, 3.8) is 0 Å². The zero-order valence-electron chi connectivity index (χ0n) is 10.8. The lowest BCUT2D eigenvalue weighted by Gasteiger charge is -2.21. The predicted octanol–water partition coefficient (Wildman–Crippen LogP) is 1.89. The number of nitrogens with one attached hydrogen (secondary N) is 1. The van der Waals surface area contributed by atoms with Gasteiger partial charge in [-0.3, -0.25) is 10.1 Å². The summed E-state index contributed by atoms with van der Waals surface area (Å²) >= 11 is 0. The normalized spacial score (nSPS) is 14.2. The molecule has 1 unspecified atom stereocenters. The molecule has 0 bridgehead atoms. The Hall–Kier alpha value is -1.46. The van der Waals surface area contributed by atoms with E-state index in [0.717, 1.165) is 0 Å².